The maximum Gasteiger partial charge on any atom is 0.260 e. The molecule has 0 N–H and O–H groups in total. The van der Waals surface area contributed by atoms with Crippen LogP contribution in [0.25, 0.3) is 0 Å². The van der Waals surface area contributed by atoms with Crippen LogP contribution in [-0.4, -0.2) is 41.5 Å². The maximum atomic E-state index is 5.75. The highest BCUT2D eigenvalue weighted by atomic mass is 32.1. The zero-order valence-electron chi connectivity index (χ0n) is 11.4. The Morgan fingerprint density at radius 2 is 1.94 bits per heavy atom. The van der Waals surface area contributed by atoms with Crippen LogP contribution in [0.4, 0.5) is 0 Å². The van der Waals surface area contributed by atoms with E-state index in [0.29, 0.717) is 22.7 Å². The van der Waals surface area contributed by atoms with Crippen LogP contribution in [0.3, 0.4) is 0 Å². The van der Waals surface area contributed by atoms with E-state index in [9.17, 15) is 0 Å². The zero-order valence-corrected chi connectivity index (χ0v) is 12.3. The van der Waals surface area contributed by atoms with Gasteiger partial charge in [-0.3, -0.25) is 0 Å². The maximum absolute atomic E-state index is 5.75. The molecular formula is C13H23NO2S. The summed E-state index contributed by atoms with van der Waals surface area (Å²) in [5.41, 5.74) is 0.236. The monoisotopic (exact) mass is 257 g/mol. The minimum atomic E-state index is -0.200. The summed E-state index contributed by atoms with van der Waals surface area (Å²) in [7, 11) is 1.80. The number of ether oxygens (including phenoxy) is 2. The Morgan fingerprint density at radius 3 is 2.35 bits per heavy atom. The second-order valence-electron chi connectivity index (χ2n) is 6.41. The molecule has 0 aromatic rings. The Bertz CT molecular complexity index is 318. The van der Waals surface area contributed by atoms with Crippen LogP contribution in [0.5, 0.6) is 0 Å². The van der Waals surface area contributed by atoms with Crippen LogP contribution in [0, 0.1) is 5.41 Å². The van der Waals surface area contributed by atoms with Gasteiger partial charge in [0.1, 0.15) is 5.60 Å². The molecule has 17 heavy (non-hydrogen) atoms. The molecule has 4 heteroatoms. The largest absolute Gasteiger partial charge is 0.465 e. The smallest absolute Gasteiger partial charge is 0.260 e. The molecule has 1 unspecified atom stereocenters. The standard InChI is InChI=1S/C13H23NO2S/c1-9-13(6-10(7-13)15-5)8-14(9)11(17)16-12(2,3)4/h9-10H,6-8H2,1-5H3. The molecule has 2 aliphatic rings. The van der Waals surface area contributed by atoms with E-state index in [1.54, 1.807) is 7.11 Å². The molecule has 1 atom stereocenters. The molecule has 1 heterocycles. The third-order valence-electron chi connectivity index (χ3n) is 4.07. The molecule has 1 spiro atoms. The molecule has 3 nitrogen and oxygen atoms in total. The van der Waals surface area contributed by atoms with E-state index in [-0.39, 0.29) is 5.60 Å². The molecule has 1 saturated carbocycles. The van der Waals surface area contributed by atoms with Gasteiger partial charge in [0, 0.05) is 25.1 Å². The van der Waals surface area contributed by atoms with Crippen molar-refractivity contribution >= 4 is 17.4 Å². The lowest BCUT2D eigenvalue weighted by atomic mass is 9.57. The zero-order chi connectivity index (χ0) is 12.8. The number of thiocarbonyl (C=S) groups is 1. The van der Waals surface area contributed by atoms with Crippen molar-refractivity contribution in [3.05, 3.63) is 0 Å². The predicted molar refractivity (Wildman–Crippen MR) is 72.1 cm³/mol. The highest BCUT2D eigenvalue weighted by Crippen LogP contribution is 2.54. The second kappa shape index (κ2) is 4.09. The quantitative estimate of drug-likeness (QED) is 0.673. The average molecular weight is 257 g/mol. The van der Waals surface area contributed by atoms with E-state index in [4.69, 9.17) is 21.7 Å². The van der Waals surface area contributed by atoms with Crippen molar-refractivity contribution in [1.29, 1.82) is 0 Å². The first-order chi connectivity index (χ1) is 7.77. The fourth-order valence-corrected chi connectivity index (χ4v) is 3.33. The Kier molecular flexibility index (Phi) is 3.15. The van der Waals surface area contributed by atoms with Gasteiger partial charge in [-0.15, -0.1) is 0 Å². The minimum absolute atomic E-state index is 0.200. The van der Waals surface area contributed by atoms with E-state index >= 15 is 0 Å². The topological polar surface area (TPSA) is 21.7 Å². The van der Waals surface area contributed by atoms with Crippen LogP contribution < -0.4 is 0 Å². The van der Waals surface area contributed by atoms with Crippen molar-refractivity contribution in [3.8, 4) is 0 Å². The lowest BCUT2D eigenvalue weighted by molar-refractivity contribution is -0.159. The van der Waals surface area contributed by atoms with Crippen molar-refractivity contribution in [2.75, 3.05) is 13.7 Å². The molecule has 0 aromatic heterocycles. The Labute approximate surface area is 109 Å². The van der Waals surface area contributed by atoms with E-state index < -0.39 is 0 Å². The lowest BCUT2D eigenvalue weighted by Crippen LogP contribution is -2.71. The first-order valence-electron chi connectivity index (χ1n) is 6.30. The van der Waals surface area contributed by atoms with Gasteiger partial charge in [-0.05, 0) is 52.8 Å². The molecule has 98 valence electrons. The number of hydrogen-bond acceptors (Lipinski definition) is 3. The summed E-state index contributed by atoms with van der Waals surface area (Å²) in [5, 5.41) is 0.650. The van der Waals surface area contributed by atoms with E-state index in [1.165, 1.54) is 12.8 Å². The van der Waals surface area contributed by atoms with Crippen LogP contribution in [0.2, 0.25) is 0 Å². The molecule has 0 aromatic carbocycles. The van der Waals surface area contributed by atoms with Gasteiger partial charge in [0.25, 0.3) is 5.17 Å². The Hall–Kier alpha value is -0.350. The van der Waals surface area contributed by atoms with E-state index in [0.717, 1.165) is 6.54 Å². The first kappa shape index (κ1) is 13.1. The molecule has 2 fully saturated rings. The molecule has 2 rings (SSSR count). The summed E-state index contributed by atoms with van der Waals surface area (Å²) >= 11 is 5.36. The molecule has 0 bridgehead atoms. The summed E-state index contributed by atoms with van der Waals surface area (Å²) in [6.45, 7) is 9.37. The molecular weight excluding hydrogens is 234 g/mol. The van der Waals surface area contributed by atoms with Gasteiger partial charge in [0.2, 0.25) is 0 Å². The third-order valence-corrected chi connectivity index (χ3v) is 4.39. The van der Waals surface area contributed by atoms with Crippen molar-refractivity contribution in [3.63, 3.8) is 0 Å². The predicted octanol–water partition coefficient (Wildman–Crippen LogP) is 2.59. The van der Waals surface area contributed by atoms with Crippen molar-refractivity contribution < 1.29 is 9.47 Å². The molecule has 1 saturated heterocycles. The molecule has 1 aliphatic heterocycles. The van der Waals surface area contributed by atoms with Crippen molar-refractivity contribution in [2.24, 2.45) is 5.41 Å². The average Bonchev–Trinajstić information content (AvgIpc) is 2.11. The number of methoxy groups -OCH3 is 1. The third kappa shape index (κ3) is 2.29. The van der Waals surface area contributed by atoms with Crippen LogP contribution >= 0.6 is 12.2 Å². The van der Waals surface area contributed by atoms with Gasteiger partial charge >= 0.3 is 0 Å². The van der Waals surface area contributed by atoms with Gasteiger partial charge in [-0.2, -0.15) is 0 Å². The molecule has 0 amide bonds. The van der Waals surface area contributed by atoms with Gasteiger partial charge in [0.15, 0.2) is 0 Å². The number of likely N-dealkylation sites (tertiary alicyclic amines) is 1. The van der Waals surface area contributed by atoms with Gasteiger partial charge < -0.3 is 14.4 Å². The van der Waals surface area contributed by atoms with Gasteiger partial charge in [-0.25, -0.2) is 0 Å². The van der Waals surface area contributed by atoms with Crippen molar-refractivity contribution in [1.82, 2.24) is 4.90 Å². The molecule has 0 radical (unpaired) electrons. The van der Waals surface area contributed by atoms with Crippen LogP contribution in [0.1, 0.15) is 40.5 Å². The van der Waals surface area contributed by atoms with E-state index in [1.807, 2.05) is 20.8 Å². The first-order valence-corrected chi connectivity index (χ1v) is 6.71. The van der Waals surface area contributed by atoms with Gasteiger partial charge in [-0.1, -0.05) is 0 Å². The molecule has 1 aliphatic carbocycles. The minimum Gasteiger partial charge on any atom is -0.465 e. The number of hydrogen-bond donors (Lipinski definition) is 0. The summed E-state index contributed by atoms with van der Waals surface area (Å²) in [6, 6.07) is 0.490. The normalized spacial score (nSPS) is 36.4. The van der Waals surface area contributed by atoms with Crippen molar-refractivity contribution in [2.45, 2.75) is 58.3 Å². The second-order valence-corrected chi connectivity index (χ2v) is 6.76. The lowest BCUT2D eigenvalue weighted by Gasteiger charge is -2.63. The summed E-state index contributed by atoms with van der Waals surface area (Å²) in [4.78, 5) is 2.20. The Balaban J connectivity index is 1.86. The number of rotatable bonds is 1. The van der Waals surface area contributed by atoms with E-state index in [2.05, 4.69) is 11.8 Å². The summed E-state index contributed by atoms with van der Waals surface area (Å²) in [5.74, 6) is 0. The number of nitrogens with zero attached hydrogens (tertiary/aromatic N) is 1. The Morgan fingerprint density at radius 1 is 1.35 bits per heavy atom. The highest BCUT2D eigenvalue weighted by molar-refractivity contribution is 7.80. The summed E-state index contributed by atoms with van der Waals surface area (Å²) < 4.78 is 11.1. The fourth-order valence-electron chi connectivity index (χ4n) is 2.85. The van der Waals surface area contributed by atoms with Crippen LogP contribution in [0.15, 0.2) is 0 Å². The fraction of sp³-hybridized carbons (Fsp3) is 0.923. The van der Waals surface area contributed by atoms with Crippen LogP contribution in [-0.2, 0) is 9.47 Å². The summed E-state index contributed by atoms with van der Waals surface area (Å²) in [6.07, 6.45) is 2.79. The highest BCUT2D eigenvalue weighted by Gasteiger charge is 2.58. The SMILES string of the molecule is COC1CC2(C1)CN(C(=S)OC(C)(C)C)C2C. The van der Waals surface area contributed by atoms with Gasteiger partial charge in [0.05, 0.1) is 6.10 Å².